The lowest BCUT2D eigenvalue weighted by Crippen LogP contribution is -2.41. The highest BCUT2D eigenvalue weighted by Crippen LogP contribution is 2.24. The van der Waals surface area contributed by atoms with Crippen molar-refractivity contribution in [3.63, 3.8) is 0 Å². The number of carboxylic acid groups (broad SMARTS) is 2. The van der Waals surface area contributed by atoms with Crippen LogP contribution in [-0.4, -0.2) is 34.1 Å². The lowest BCUT2D eigenvalue weighted by Gasteiger charge is -2.12. The molecule has 116 valence electrons. The first kappa shape index (κ1) is 15.6. The Kier molecular flexibility index (Phi) is 4.45. The van der Waals surface area contributed by atoms with E-state index in [1.54, 1.807) is 31.2 Å². The molecule has 1 aromatic carbocycles. The Morgan fingerprint density at radius 2 is 1.91 bits per heavy atom. The van der Waals surface area contributed by atoms with Gasteiger partial charge in [0.1, 0.15) is 11.6 Å². The zero-order valence-corrected chi connectivity index (χ0v) is 11.8. The number of hydrogen-bond acceptors (Lipinski definition) is 4. The third-order valence-corrected chi connectivity index (χ3v) is 3.30. The summed E-state index contributed by atoms with van der Waals surface area (Å²) in [5.41, 5.74) is 1.14. The molecule has 0 fully saturated rings. The molecule has 7 heteroatoms. The van der Waals surface area contributed by atoms with Crippen molar-refractivity contribution >= 4 is 28.8 Å². The average molecular weight is 305 g/mol. The Morgan fingerprint density at radius 3 is 2.50 bits per heavy atom. The van der Waals surface area contributed by atoms with Crippen LogP contribution < -0.4 is 5.32 Å². The van der Waals surface area contributed by atoms with Gasteiger partial charge in [-0.15, -0.1) is 0 Å². The van der Waals surface area contributed by atoms with Crippen LogP contribution in [0.5, 0.6) is 0 Å². The van der Waals surface area contributed by atoms with E-state index >= 15 is 0 Å². The predicted octanol–water partition coefficient (Wildman–Crippen LogP) is 1.79. The van der Waals surface area contributed by atoms with Crippen LogP contribution in [0.3, 0.4) is 0 Å². The third-order valence-electron chi connectivity index (χ3n) is 3.30. The van der Waals surface area contributed by atoms with Gasteiger partial charge >= 0.3 is 11.9 Å². The smallest absolute Gasteiger partial charge is 0.326 e. The summed E-state index contributed by atoms with van der Waals surface area (Å²) in [6, 6.07) is 5.79. The number of carbonyl (C=O) groups excluding carboxylic acids is 1. The van der Waals surface area contributed by atoms with E-state index in [1.165, 1.54) is 0 Å². The largest absolute Gasteiger partial charge is 0.481 e. The fraction of sp³-hybridized carbons (Fsp3) is 0.267. The summed E-state index contributed by atoms with van der Waals surface area (Å²) >= 11 is 0. The summed E-state index contributed by atoms with van der Waals surface area (Å²) in [4.78, 5) is 33.8. The first-order chi connectivity index (χ1) is 10.4. The number of amides is 1. The van der Waals surface area contributed by atoms with Gasteiger partial charge in [-0.25, -0.2) is 4.79 Å². The second-order valence-electron chi connectivity index (χ2n) is 4.85. The number of fused-ring (bicyclic) bond motifs is 1. The van der Waals surface area contributed by atoms with E-state index in [0.717, 1.165) is 5.39 Å². The van der Waals surface area contributed by atoms with Crippen molar-refractivity contribution in [2.75, 3.05) is 0 Å². The van der Waals surface area contributed by atoms with Gasteiger partial charge < -0.3 is 19.9 Å². The van der Waals surface area contributed by atoms with Crippen LogP contribution in [0.4, 0.5) is 0 Å². The first-order valence-electron chi connectivity index (χ1n) is 6.63. The first-order valence-corrected chi connectivity index (χ1v) is 6.63. The minimum absolute atomic E-state index is 0.0303. The van der Waals surface area contributed by atoms with E-state index in [2.05, 4.69) is 5.32 Å². The molecule has 2 aromatic rings. The molecule has 0 saturated heterocycles. The summed E-state index contributed by atoms with van der Waals surface area (Å²) in [5.74, 6) is -3.06. The molecule has 0 saturated carbocycles. The minimum Gasteiger partial charge on any atom is -0.481 e. The fourth-order valence-corrected chi connectivity index (χ4v) is 2.14. The van der Waals surface area contributed by atoms with Crippen molar-refractivity contribution < 1.29 is 29.0 Å². The maximum absolute atomic E-state index is 12.2. The van der Waals surface area contributed by atoms with Crippen LogP contribution in [0, 0.1) is 6.92 Å². The van der Waals surface area contributed by atoms with Gasteiger partial charge in [0.2, 0.25) is 0 Å². The van der Waals surface area contributed by atoms with Crippen LogP contribution in [-0.2, 0) is 9.59 Å². The van der Waals surface area contributed by atoms with Crippen LogP contribution in [0.25, 0.3) is 11.0 Å². The van der Waals surface area contributed by atoms with Gasteiger partial charge in [-0.1, -0.05) is 18.2 Å². The zero-order chi connectivity index (χ0) is 16.3. The molecule has 7 nitrogen and oxygen atoms in total. The van der Waals surface area contributed by atoms with Crippen LogP contribution >= 0.6 is 0 Å². The van der Waals surface area contributed by atoms with Crippen molar-refractivity contribution in [1.29, 1.82) is 0 Å². The highest BCUT2D eigenvalue weighted by Gasteiger charge is 2.25. The van der Waals surface area contributed by atoms with E-state index in [1.807, 2.05) is 0 Å². The number of nitrogens with one attached hydrogen (secondary N) is 1. The summed E-state index contributed by atoms with van der Waals surface area (Å²) < 4.78 is 5.45. The van der Waals surface area contributed by atoms with Gasteiger partial charge in [-0.05, 0) is 19.4 Å². The van der Waals surface area contributed by atoms with Gasteiger partial charge in [0, 0.05) is 17.4 Å². The molecule has 1 heterocycles. The standard InChI is InChI=1S/C15H15NO6/c1-8-9-4-2-3-5-11(9)22-13(8)14(19)16-10(15(20)21)6-7-12(17)18/h2-5,10H,6-7H2,1H3,(H,16,19)(H,17,18)(H,20,21). The number of benzene rings is 1. The van der Waals surface area contributed by atoms with Crippen LogP contribution in [0.15, 0.2) is 28.7 Å². The monoisotopic (exact) mass is 305 g/mol. The average Bonchev–Trinajstić information content (AvgIpc) is 2.80. The molecule has 0 aliphatic heterocycles. The molecule has 1 amide bonds. The number of rotatable bonds is 6. The molecule has 2 rings (SSSR count). The summed E-state index contributed by atoms with van der Waals surface area (Å²) in [6.07, 6.45) is -0.550. The summed E-state index contributed by atoms with van der Waals surface area (Å²) in [7, 11) is 0. The van der Waals surface area contributed by atoms with Crippen LogP contribution in [0.1, 0.15) is 29.0 Å². The van der Waals surface area contributed by atoms with Gasteiger partial charge in [-0.2, -0.15) is 0 Å². The maximum Gasteiger partial charge on any atom is 0.326 e. The fourth-order valence-electron chi connectivity index (χ4n) is 2.14. The third kappa shape index (κ3) is 3.25. The van der Waals surface area contributed by atoms with Crippen molar-refractivity contribution in [1.82, 2.24) is 5.32 Å². The van der Waals surface area contributed by atoms with Crippen molar-refractivity contribution in [2.45, 2.75) is 25.8 Å². The molecule has 0 bridgehead atoms. The van der Waals surface area contributed by atoms with Crippen molar-refractivity contribution in [2.24, 2.45) is 0 Å². The summed E-state index contributed by atoms with van der Waals surface area (Å²) in [5, 5.41) is 20.7. The number of hydrogen-bond donors (Lipinski definition) is 3. The number of para-hydroxylation sites is 1. The van der Waals surface area contributed by atoms with Gasteiger partial charge in [0.15, 0.2) is 5.76 Å². The lowest BCUT2D eigenvalue weighted by atomic mass is 10.1. The maximum atomic E-state index is 12.2. The van der Waals surface area contributed by atoms with Gasteiger partial charge in [0.05, 0.1) is 0 Å². The number of furan rings is 1. The Morgan fingerprint density at radius 1 is 1.23 bits per heavy atom. The van der Waals surface area contributed by atoms with E-state index in [0.29, 0.717) is 11.1 Å². The van der Waals surface area contributed by atoms with Gasteiger partial charge in [0.25, 0.3) is 5.91 Å². The zero-order valence-electron chi connectivity index (χ0n) is 11.8. The highest BCUT2D eigenvalue weighted by molar-refractivity contribution is 6.00. The molecule has 22 heavy (non-hydrogen) atoms. The van der Waals surface area contributed by atoms with Crippen molar-refractivity contribution in [3.8, 4) is 0 Å². The van der Waals surface area contributed by atoms with E-state index in [9.17, 15) is 14.4 Å². The molecule has 1 atom stereocenters. The van der Waals surface area contributed by atoms with Crippen LogP contribution in [0.2, 0.25) is 0 Å². The second-order valence-corrected chi connectivity index (χ2v) is 4.85. The lowest BCUT2D eigenvalue weighted by molar-refractivity contribution is -0.140. The Balaban J connectivity index is 2.20. The number of aliphatic carboxylic acids is 2. The number of aryl methyl sites for hydroxylation is 1. The minimum atomic E-state index is -1.29. The van der Waals surface area contributed by atoms with Crippen molar-refractivity contribution in [3.05, 3.63) is 35.6 Å². The molecule has 1 unspecified atom stereocenters. The highest BCUT2D eigenvalue weighted by atomic mass is 16.4. The molecule has 0 aliphatic carbocycles. The molecule has 3 N–H and O–H groups in total. The molecule has 0 radical (unpaired) electrons. The Labute approximate surface area is 125 Å². The topological polar surface area (TPSA) is 117 Å². The number of carboxylic acids is 2. The van der Waals surface area contributed by atoms with Gasteiger partial charge in [-0.3, -0.25) is 9.59 Å². The Hall–Kier alpha value is -2.83. The second kappa shape index (κ2) is 6.30. The molecule has 0 aliphatic rings. The van der Waals surface area contributed by atoms with E-state index in [-0.39, 0.29) is 18.6 Å². The quantitative estimate of drug-likeness (QED) is 0.749. The van der Waals surface area contributed by atoms with E-state index in [4.69, 9.17) is 14.6 Å². The molecular formula is C15H15NO6. The predicted molar refractivity (Wildman–Crippen MR) is 76.7 cm³/mol. The Bertz CT molecular complexity index is 733. The molecular weight excluding hydrogens is 290 g/mol. The van der Waals surface area contributed by atoms with E-state index < -0.39 is 23.9 Å². The number of carbonyl (C=O) groups is 3. The molecule has 1 aromatic heterocycles. The normalized spacial score (nSPS) is 12.0. The SMILES string of the molecule is Cc1c(C(=O)NC(CCC(=O)O)C(=O)O)oc2ccccc12. The molecule has 0 spiro atoms. The summed E-state index contributed by atoms with van der Waals surface area (Å²) in [6.45, 7) is 1.70.